The quantitative estimate of drug-likeness (QED) is 0.560. The Hall–Kier alpha value is -2.87. The van der Waals surface area contributed by atoms with Crippen LogP contribution in [-0.4, -0.2) is 31.8 Å². The minimum Gasteiger partial charge on any atom is -0.497 e. The summed E-state index contributed by atoms with van der Waals surface area (Å²) in [4.78, 5) is 38.3. The first-order valence-electron chi connectivity index (χ1n) is 8.26. The van der Waals surface area contributed by atoms with E-state index in [1.54, 1.807) is 17.4 Å². The van der Waals surface area contributed by atoms with Crippen LogP contribution in [0.3, 0.4) is 0 Å². The normalized spacial score (nSPS) is 10.2. The third kappa shape index (κ3) is 5.55. The molecule has 2 aromatic rings. The van der Waals surface area contributed by atoms with Crippen molar-refractivity contribution in [2.75, 3.05) is 14.2 Å². The van der Waals surface area contributed by atoms with Crippen LogP contribution in [0.1, 0.15) is 43.3 Å². The van der Waals surface area contributed by atoms with Crippen molar-refractivity contribution in [1.82, 2.24) is 10.9 Å². The first-order chi connectivity index (χ1) is 12.8. The van der Waals surface area contributed by atoms with Gasteiger partial charge in [0.1, 0.15) is 11.5 Å². The van der Waals surface area contributed by atoms with Crippen LogP contribution in [0, 0.1) is 13.8 Å². The molecule has 1 aromatic heterocycles. The van der Waals surface area contributed by atoms with Crippen molar-refractivity contribution in [2.45, 2.75) is 26.7 Å². The highest BCUT2D eigenvalue weighted by molar-refractivity contribution is 7.12. The van der Waals surface area contributed by atoms with E-state index in [9.17, 15) is 14.4 Å². The zero-order valence-corrected chi connectivity index (χ0v) is 16.5. The van der Waals surface area contributed by atoms with Crippen LogP contribution >= 0.6 is 11.3 Å². The molecular formula is C19H22N2O5S. The highest BCUT2D eigenvalue weighted by atomic mass is 32.1. The Morgan fingerprint density at radius 1 is 0.926 bits per heavy atom. The fourth-order valence-electron chi connectivity index (χ4n) is 2.47. The number of Topliss-reactive ketones (excluding diaryl/α,β-unsaturated/α-hetero) is 1. The van der Waals surface area contributed by atoms with Gasteiger partial charge < -0.3 is 9.47 Å². The van der Waals surface area contributed by atoms with Crippen LogP contribution in [0.2, 0.25) is 0 Å². The second-order valence-electron chi connectivity index (χ2n) is 5.85. The molecule has 27 heavy (non-hydrogen) atoms. The van der Waals surface area contributed by atoms with Gasteiger partial charge in [-0.2, -0.15) is 0 Å². The van der Waals surface area contributed by atoms with E-state index >= 15 is 0 Å². The third-order valence-electron chi connectivity index (χ3n) is 3.85. The molecule has 0 aliphatic rings. The lowest BCUT2D eigenvalue weighted by Crippen LogP contribution is -2.41. The fraction of sp³-hybridized carbons (Fsp3) is 0.316. The molecule has 0 unspecified atom stereocenters. The van der Waals surface area contributed by atoms with Crippen molar-refractivity contribution in [2.24, 2.45) is 0 Å². The van der Waals surface area contributed by atoms with Gasteiger partial charge in [-0.1, -0.05) is 0 Å². The number of methoxy groups -OCH3 is 2. The topological polar surface area (TPSA) is 93.7 Å². The van der Waals surface area contributed by atoms with Crippen LogP contribution in [0.25, 0.3) is 0 Å². The number of rotatable bonds is 7. The second kappa shape index (κ2) is 9.18. The lowest BCUT2D eigenvalue weighted by atomic mass is 10.1. The van der Waals surface area contributed by atoms with Crippen LogP contribution < -0.4 is 20.3 Å². The van der Waals surface area contributed by atoms with E-state index in [1.165, 1.54) is 26.4 Å². The Morgan fingerprint density at radius 2 is 1.56 bits per heavy atom. The number of hydrogen-bond acceptors (Lipinski definition) is 6. The van der Waals surface area contributed by atoms with E-state index in [-0.39, 0.29) is 24.2 Å². The number of carbonyl (C=O) groups excluding carboxylic acids is 3. The van der Waals surface area contributed by atoms with E-state index in [0.717, 1.165) is 9.75 Å². The van der Waals surface area contributed by atoms with Gasteiger partial charge in [-0.25, -0.2) is 0 Å². The van der Waals surface area contributed by atoms with Crippen molar-refractivity contribution >= 4 is 28.9 Å². The number of carbonyl (C=O) groups is 3. The summed E-state index contributed by atoms with van der Waals surface area (Å²) in [5, 5.41) is 0. The summed E-state index contributed by atoms with van der Waals surface area (Å²) in [7, 11) is 2.96. The summed E-state index contributed by atoms with van der Waals surface area (Å²) in [6, 6.07) is 6.51. The Bertz CT molecular complexity index is 838. The standard InChI is InChI=1S/C19H22N2O5S/c1-11-7-16(12(2)27-11)17(22)5-6-18(23)20-21-19(24)13-8-14(25-3)10-15(9-13)26-4/h7-10H,5-6H2,1-4H3,(H,20,23)(H,21,24). The molecule has 1 heterocycles. The van der Waals surface area contributed by atoms with Gasteiger partial charge in [0.05, 0.1) is 14.2 Å². The monoisotopic (exact) mass is 390 g/mol. The predicted molar refractivity (Wildman–Crippen MR) is 103 cm³/mol. The highest BCUT2D eigenvalue weighted by Crippen LogP contribution is 2.23. The van der Waals surface area contributed by atoms with E-state index in [4.69, 9.17) is 9.47 Å². The molecule has 144 valence electrons. The number of benzene rings is 1. The molecular weight excluding hydrogens is 368 g/mol. The summed E-state index contributed by atoms with van der Waals surface area (Å²) in [5.41, 5.74) is 5.56. The van der Waals surface area contributed by atoms with Crippen molar-refractivity contribution in [3.8, 4) is 11.5 Å². The lowest BCUT2D eigenvalue weighted by Gasteiger charge is -2.10. The molecule has 2 rings (SSSR count). The maximum atomic E-state index is 12.2. The van der Waals surface area contributed by atoms with E-state index in [0.29, 0.717) is 17.1 Å². The number of ketones is 1. The van der Waals surface area contributed by atoms with Crippen LogP contribution in [0.15, 0.2) is 24.3 Å². The summed E-state index contributed by atoms with van der Waals surface area (Å²) in [5.74, 6) is -0.140. The summed E-state index contributed by atoms with van der Waals surface area (Å²) < 4.78 is 10.2. The van der Waals surface area contributed by atoms with Crippen LogP contribution in [0.4, 0.5) is 0 Å². The molecule has 1 aromatic carbocycles. The molecule has 0 atom stereocenters. The smallest absolute Gasteiger partial charge is 0.269 e. The number of hydrogen-bond donors (Lipinski definition) is 2. The molecule has 0 radical (unpaired) electrons. The number of amides is 2. The zero-order valence-electron chi connectivity index (χ0n) is 15.7. The first kappa shape index (κ1) is 20.4. The minimum absolute atomic E-state index is 0.0190. The number of thiophene rings is 1. The lowest BCUT2D eigenvalue weighted by molar-refractivity contribution is -0.121. The molecule has 8 heteroatoms. The van der Waals surface area contributed by atoms with Crippen molar-refractivity contribution in [1.29, 1.82) is 0 Å². The summed E-state index contributed by atoms with van der Waals surface area (Å²) in [6.07, 6.45) is 0.0561. The predicted octanol–water partition coefficient (Wildman–Crippen LogP) is 2.81. The molecule has 2 N–H and O–H groups in total. The zero-order chi connectivity index (χ0) is 20.0. The van der Waals surface area contributed by atoms with Crippen LogP contribution in [-0.2, 0) is 4.79 Å². The average Bonchev–Trinajstić information content (AvgIpc) is 3.01. The maximum absolute atomic E-state index is 12.2. The van der Waals surface area contributed by atoms with Crippen molar-refractivity contribution < 1.29 is 23.9 Å². The molecule has 0 spiro atoms. The van der Waals surface area contributed by atoms with Gasteiger partial charge in [0.2, 0.25) is 5.91 Å². The SMILES string of the molecule is COc1cc(OC)cc(C(=O)NNC(=O)CCC(=O)c2cc(C)sc2C)c1. The van der Waals surface area contributed by atoms with Crippen LogP contribution in [0.5, 0.6) is 11.5 Å². The minimum atomic E-state index is -0.517. The van der Waals surface area contributed by atoms with Crippen molar-refractivity contribution in [3.63, 3.8) is 0 Å². The second-order valence-corrected chi connectivity index (χ2v) is 7.31. The Labute approximate surface area is 161 Å². The van der Waals surface area contributed by atoms with Gasteiger partial charge in [0, 0.05) is 39.8 Å². The number of hydrazine groups is 1. The molecule has 0 fully saturated rings. The Morgan fingerprint density at radius 3 is 2.07 bits per heavy atom. The molecule has 2 amide bonds. The van der Waals surface area contributed by atoms with E-state index in [2.05, 4.69) is 10.9 Å². The maximum Gasteiger partial charge on any atom is 0.269 e. The third-order valence-corrected chi connectivity index (χ3v) is 4.82. The highest BCUT2D eigenvalue weighted by Gasteiger charge is 2.15. The molecule has 7 nitrogen and oxygen atoms in total. The van der Waals surface area contributed by atoms with Gasteiger partial charge in [-0.3, -0.25) is 25.2 Å². The molecule has 0 bridgehead atoms. The van der Waals surface area contributed by atoms with Gasteiger partial charge in [0.15, 0.2) is 5.78 Å². The van der Waals surface area contributed by atoms with Gasteiger partial charge in [-0.15, -0.1) is 11.3 Å². The fourth-order valence-corrected chi connectivity index (χ4v) is 3.41. The van der Waals surface area contributed by atoms with E-state index in [1.807, 2.05) is 19.9 Å². The largest absolute Gasteiger partial charge is 0.497 e. The summed E-state index contributed by atoms with van der Waals surface area (Å²) >= 11 is 1.55. The van der Waals surface area contributed by atoms with E-state index < -0.39 is 11.8 Å². The van der Waals surface area contributed by atoms with Gasteiger partial charge in [0.25, 0.3) is 5.91 Å². The van der Waals surface area contributed by atoms with Gasteiger partial charge >= 0.3 is 0 Å². The van der Waals surface area contributed by atoms with Crippen molar-refractivity contribution in [3.05, 3.63) is 45.1 Å². The number of ether oxygens (including phenoxy) is 2. The Kier molecular flexibility index (Phi) is 6.95. The molecule has 0 aliphatic carbocycles. The average molecular weight is 390 g/mol. The molecule has 0 aliphatic heterocycles. The molecule has 0 saturated carbocycles. The first-order valence-corrected chi connectivity index (χ1v) is 9.08. The Balaban J connectivity index is 1.87. The number of aryl methyl sites for hydroxylation is 2. The summed E-state index contributed by atoms with van der Waals surface area (Å²) in [6.45, 7) is 3.82. The van der Waals surface area contributed by atoms with Gasteiger partial charge in [-0.05, 0) is 32.0 Å². The molecule has 0 saturated heterocycles. The number of nitrogens with one attached hydrogen (secondary N) is 2.